The summed E-state index contributed by atoms with van der Waals surface area (Å²) in [5, 5.41) is 7.17. The summed E-state index contributed by atoms with van der Waals surface area (Å²) in [6.07, 6.45) is 2.37. The number of piperidine rings is 1. The van der Waals surface area contributed by atoms with Crippen LogP contribution in [0.2, 0.25) is 0 Å². The average molecular weight is 432 g/mol. The molecule has 168 valence electrons. The second-order valence-corrected chi connectivity index (χ2v) is 8.20. The van der Waals surface area contributed by atoms with E-state index in [1.807, 2.05) is 36.4 Å². The minimum Gasteiger partial charge on any atom is -0.493 e. The molecule has 0 radical (unpaired) electrons. The molecule has 0 bridgehead atoms. The Balaban J connectivity index is 1.20. The van der Waals surface area contributed by atoms with Gasteiger partial charge in [0.25, 0.3) is 0 Å². The Labute approximate surface area is 191 Å². The van der Waals surface area contributed by atoms with Crippen LogP contribution < -0.4 is 20.1 Å². The lowest BCUT2D eigenvalue weighted by Crippen LogP contribution is -2.43. The fourth-order valence-electron chi connectivity index (χ4n) is 4.13. The molecule has 3 aromatic carbocycles. The van der Waals surface area contributed by atoms with Crippen LogP contribution in [-0.4, -0.2) is 44.2 Å². The summed E-state index contributed by atoms with van der Waals surface area (Å²) in [5.41, 5.74) is 2.46. The molecule has 1 heterocycles. The van der Waals surface area contributed by atoms with Crippen molar-refractivity contribution in [1.29, 1.82) is 0 Å². The average Bonchev–Trinajstić information content (AvgIpc) is 2.84. The highest BCUT2D eigenvalue weighted by molar-refractivity contribution is 5.43. The van der Waals surface area contributed by atoms with Gasteiger partial charge in [-0.15, -0.1) is 0 Å². The van der Waals surface area contributed by atoms with Crippen molar-refractivity contribution in [2.75, 3.05) is 38.6 Å². The molecule has 1 aliphatic rings. The van der Waals surface area contributed by atoms with Gasteiger partial charge in [0.2, 0.25) is 0 Å². The normalized spacial score (nSPS) is 14.8. The van der Waals surface area contributed by atoms with Gasteiger partial charge in [-0.1, -0.05) is 42.5 Å². The van der Waals surface area contributed by atoms with Crippen LogP contribution in [0.25, 0.3) is 0 Å². The molecule has 5 heteroatoms. The lowest BCUT2D eigenvalue weighted by molar-refractivity contribution is 0.191. The van der Waals surface area contributed by atoms with Crippen LogP contribution >= 0.6 is 0 Å². The number of ether oxygens (including phenoxy) is 2. The molecule has 4 rings (SSSR count). The third kappa shape index (κ3) is 6.49. The zero-order chi connectivity index (χ0) is 22.0. The van der Waals surface area contributed by atoms with E-state index < -0.39 is 0 Å². The van der Waals surface area contributed by atoms with Crippen molar-refractivity contribution >= 4 is 5.69 Å². The fourth-order valence-corrected chi connectivity index (χ4v) is 4.13. The molecule has 5 nitrogen and oxygen atoms in total. The van der Waals surface area contributed by atoms with E-state index in [-0.39, 0.29) is 0 Å². The summed E-state index contributed by atoms with van der Waals surface area (Å²) in [6, 6.07) is 27.1. The summed E-state index contributed by atoms with van der Waals surface area (Å²) in [4.78, 5) is 2.53. The summed E-state index contributed by atoms with van der Waals surface area (Å²) in [5.74, 6) is 2.32. The first-order valence-corrected chi connectivity index (χ1v) is 11.4. The topological polar surface area (TPSA) is 45.8 Å². The maximum atomic E-state index is 6.07. The SMILES string of the molecule is COc1ccccc1Oc1cccc(CN2CCC(NCCNc3ccccc3)CC2)c1. The van der Waals surface area contributed by atoms with Gasteiger partial charge >= 0.3 is 0 Å². The first kappa shape index (κ1) is 22.2. The number of methoxy groups -OCH3 is 1. The predicted octanol–water partition coefficient (Wildman–Crippen LogP) is 5.15. The molecule has 0 saturated carbocycles. The van der Waals surface area contributed by atoms with E-state index in [1.54, 1.807) is 7.11 Å². The molecule has 0 aromatic heterocycles. The Bertz CT molecular complexity index is 956. The van der Waals surface area contributed by atoms with Crippen molar-refractivity contribution in [2.45, 2.75) is 25.4 Å². The second kappa shape index (κ2) is 11.6. The van der Waals surface area contributed by atoms with Crippen molar-refractivity contribution in [2.24, 2.45) is 0 Å². The molecule has 1 saturated heterocycles. The summed E-state index contributed by atoms with van der Waals surface area (Å²) in [6.45, 7) is 5.11. The molecule has 0 amide bonds. The second-order valence-electron chi connectivity index (χ2n) is 8.20. The Kier molecular flexibility index (Phi) is 8.01. The highest BCUT2D eigenvalue weighted by Gasteiger charge is 2.18. The van der Waals surface area contributed by atoms with Crippen molar-refractivity contribution in [3.63, 3.8) is 0 Å². The fraction of sp³-hybridized carbons (Fsp3) is 0.333. The van der Waals surface area contributed by atoms with Gasteiger partial charge < -0.3 is 20.1 Å². The van der Waals surface area contributed by atoms with E-state index in [4.69, 9.17) is 9.47 Å². The lowest BCUT2D eigenvalue weighted by atomic mass is 10.0. The van der Waals surface area contributed by atoms with E-state index in [2.05, 4.69) is 58.0 Å². The number of para-hydroxylation sites is 3. The van der Waals surface area contributed by atoms with Crippen molar-refractivity contribution < 1.29 is 9.47 Å². The first-order chi connectivity index (χ1) is 15.8. The highest BCUT2D eigenvalue weighted by atomic mass is 16.5. The van der Waals surface area contributed by atoms with Crippen LogP contribution in [0.1, 0.15) is 18.4 Å². The third-order valence-electron chi connectivity index (χ3n) is 5.85. The summed E-state index contributed by atoms with van der Waals surface area (Å²) < 4.78 is 11.5. The molecule has 32 heavy (non-hydrogen) atoms. The van der Waals surface area contributed by atoms with E-state index >= 15 is 0 Å². The molecule has 2 N–H and O–H groups in total. The minimum atomic E-state index is 0.601. The standard InChI is InChI=1S/C27H33N3O2/c1-31-26-12-5-6-13-27(26)32-25-11-7-8-22(20-25)21-30-18-14-24(15-19-30)29-17-16-28-23-9-3-2-4-10-23/h2-13,20,24,28-29H,14-19,21H2,1H3. The minimum absolute atomic E-state index is 0.601. The summed E-state index contributed by atoms with van der Waals surface area (Å²) in [7, 11) is 1.66. The molecule has 0 unspecified atom stereocenters. The van der Waals surface area contributed by atoms with Gasteiger partial charge in [-0.25, -0.2) is 0 Å². The lowest BCUT2D eigenvalue weighted by Gasteiger charge is -2.32. The Morgan fingerprint density at radius 3 is 2.38 bits per heavy atom. The third-order valence-corrected chi connectivity index (χ3v) is 5.85. The molecule has 0 atom stereocenters. The Hall–Kier alpha value is -3.02. The number of rotatable bonds is 10. The van der Waals surface area contributed by atoms with Gasteiger partial charge in [-0.2, -0.15) is 0 Å². The number of hydrogen-bond donors (Lipinski definition) is 2. The molecule has 0 spiro atoms. The van der Waals surface area contributed by atoms with Crippen molar-refractivity contribution in [3.8, 4) is 17.2 Å². The van der Waals surface area contributed by atoms with Gasteiger partial charge in [0.15, 0.2) is 11.5 Å². The number of benzene rings is 3. The zero-order valence-corrected chi connectivity index (χ0v) is 18.8. The van der Waals surface area contributed by atoms with E-state index in [0.29, 0.717) is 6.04 Å². The van der Waals surface area contributed by atoms with E-state index in [1.165, 1.54) is 24.1 Å². The monoisotopic (exact) mass is 431 g/mol. The maximum absolute atomic E-state index is 6.07. The van der Waals surface area contributed by atoms with Gasteiger partial charge in [-0.05, 0) is 67.9 Å². The largest absolute Gasteiger partial charge is 0.493 e. The number of likely N-dealkylation sites (tertiary alicyclic amines) is 1. The summed E-state index contributed by atoms with van der Waals surface area (Å²) >= 11 is 0. The molecule has 0 aliphatic carbocycles. The van der Waals surface area contributed by atoms with Crippen LogP contribution in [0.5, 0.6) is 17.2 Å². The maximum Gasteiger partial charge on any atom is 0.169 e. The number of anilines is 1. The smallest absolute Gasteiger partial charge is 0.169 e. The molecular formula is C27H33N3O2. The van der Waals surface area contributed by atoms with Crippen LogP contribution in [0.15, 0.2) is 78.9 Å². The van der Waals surface area contributed by atoms with Crippen molar-refractivity contribution in [1.82, 2.24) is 10.2 Å². The zero-order valence-electron chi connectivity index (χ0n) is 18.8. The first-order valence-electron chi connectivity index (χ1n) is 11.4. The van der Waals surface area contributed by atoms with E-state index in [9.17, 15) is 0 Å². The van der Waals surface area contributed by atoms with Crippen LogP contribution in [0.3, 0.4) is 0 Å². The quantitative estimate of drug-likeness (QED) is 0.435. The van der Waals surface area contributed by atoms with Gasteiger partial charge in [0.05, 0.1) is 7.11 Å². The molecule has 1 fully saturated rings. The number of hydrogen-bond acceptors (Lipinski definition) is 5. The Morgan fingerprint density at radius 2 is 1.59 bits per heavy atom. The van der Waals surface area contributed by atoms with E-state index in [0.717, 1.165) is 50.0 Å². The number of nitrogens with zero attached hydrogens (tertiary/aromatic N) is 1. The van der Waals surface area contributed by atoms with Crippen molar-refractivity contribution in [3.05, 3.63) is 84.4 Å². The van der Waals surface area contributed by atoms with Crippen LogP contribution in [0.4, 0.5) is 5.69 Å². The van der Waals surface area contributed by atoms with Gasteiger partial charge in [-0.3, -0.25) is 4.90 Å². The van der Waals surface area contributed by atoms with Gasteiger partial charge in [0, 0.05) is 31.4 Å². The van der Waals surface area contributed by atoms with Crippen LogP contribution in [0, 0.1) is 0 Å². The predicted molar refractivity (Wildman–Crippen MR) is 131 cm³/mol. The highest BCUT2D eigenvalue weighted by Crippen LogP contribution is 2.31. The molecular weight excluding hydrogens is 398 g/mol. The van der Waals surface area contributed by atoms with Crippen LogP contribution in [-0.2, 0) is 6.54 Å². The number of nitrogens with one attached hydrogen (secondary N) is 2. The Morgan fingerprint density at radius 1 is 0.844 bits per heavy atom. The van der Waals surface area contributed by atoms with Gasteiger partial charge in [0.1, 0.15) is 5.75 Å². The molecule has 3 aromatic rings. The molecule has 1 aliphatic heterocycles.